The molecule has 1 aromatic carbocycles. The quantitative estimate of drug-likeness (QED) is 0.664. The molecule has 2 unspecified atom stereocenters. The number of aromatic amines is 1. The number of benzene rings is 1. The number of fused-ring (bicyclic) bond motifs is 2. The number of nitrogens with one attached hydrogen (secondary N) is 1. The van der Waals surface area contributed by atoms with Gasteiger partial charge >= 0.3 is 0 Å². The number of hydrogen-bond donors (Lipinski definition) is 1. The highest BCUT2D eigenvalue weighted by Crippen LogP contribution is 2.42. The maximum atomic E-state index is 14.0. The minimum Gasteiger partial charge on any atom is -0.496 e. The molecule has 1 aliphatic carbocycles. The van der Waals surface area contributed by atoms with Gasteiger partial charge in [0.15, 0.2) is 0 Å². The van der Waals surface area contributed by atoms with Crippen LogP contribution in [0, 0.1) is 17.7 Å². The van der Waals surface area contributed by atoms with Gasteiger partial charge in [0.25, 0.3) is 0 Å². The van der Waals surface area contributed by atoms with E-state index < -0.39 is 0 Å². The number of pyridine rings is 1. The number of carbonyl (C=O) groups excluding carboxylic acids is 1. The number of likely N-dealkylation sites (N-methyl/N-ethyl adjacent to an activating group) is 1. The molecule has 1 saturated heterocycles. The van der Waals surface area contributed by atoms with E-state index in [1.54, 1.807) is 38.4 Å². The Morgan fingerprint density at radius 2 is 2.09 bits per heavy atom. The number of hydrogen-bond acceptors (Lipinski definition) is 4. The first-order valence-corrected chi connectivity index (χ1v) is 10.9. The van der Waals surface area contributed by atoms with Crippen molar-refractivity contribution in [3.05, 3.63) is 54.1 Å². The van der Waals surface area contributed by atoms with Gasteiger partial charge in [-0.1, -0.05) is 6.08 Å². The van der Waals surface area contributed by atoms with Crippen molar-refractivity contribution in [2.24, 2.45) is 11.8 Å². The van der Waals surface area contributed by atoms with Crippen LogP contribution in [0.2, 0.25) is 0 Å². The Kier molecular flexibility index (Phi) is 5.21. The Hall–Kier alpha value is -3.19. The van der Waals surface area contributed by atoms with Crippen molar-refractivity contribution >= 4 is 22.5 Å². The predicted molar refractivity (Wildman–Crippen MR) is 123 cm³/mol. The van der Waals surface area contributed by atoms with Gasteiger partial charge < -0.3 is 14.6 Å². The number of nitrogens with zero attached hydrogens (tertiary/aromatic N) is 3. The molecule has 0 saturated carbocycles. The van der Waals surface area contributed by atoms with Crippen molar-refractivity contribution in [3.63, 3.8) is 0 Å². The van der Waals surface area contributed by atoms with Crippen molar-refractivity contribution in [2.45, 2.75) is 6.42 Å². The summed E-state index contributed by atoms with van der Waals surface area (Å²) in [6.07, 6.45) is 5.06. The van der Waals surface area contributed by atoms with Gasteiger partial charge in [-0.3, -0.25) is 9.69 Å². The summed E-state index contributed by atoms with van der Waals surface area (Å²) in [6.45, 7) is 2.34. The number of aromatic nitrogens is 2. The lowest BCUT2D eigenvalue weighted by Gasteiger charge is -2.18. The number of ether oxygens (including phenoxy) is 1. The fourth-order valence-corrected chi connectivity index (χ4v) is 4.99. The van der Waals surface area contributed by atoms with Crippen LogP contribution in [0.15, 0.2) is 42.6 Å². The molecule has 2 atom stereocenters. The Labute approximate surface area is 186 Å². The topological polar surface area (TPSA) is 61.5 Å². The molecule has 6 nitrogen and oxygen atoms in total. The number of H-pyrrole nitrogens is 1. The summed E-state index contributed by atoms with van der Waals surface area (Å²) in [6, 6.07) is 8.57. The maximum Gasteiger partial charge on any atom is 0.236 e. The number of methoxy groups -OCH3 is 1. The molecule has 0 spiro atoms. The zero-order valence-electron chi connectivity index (χ0n) is 18.6. The maximum absolute atomic E-state index is 14.0. The van der Waals surface area contributed by atoms with Crippen LogP contribution in [0.5, 0.6) is 5.75 Å². The van der Waals surface area contributed by atoms with E-state index in [0.29, 0.717) is 29.7 Å². The molecular formula is C25H27FN4O2. The molecule has 1 amide bonds. The lowest BCUT2D eigenvalue weighted by Crippen LogP contribution is -2.35. The standard InChI is InChI=1S/C25H27FN4O2/c1-29(2)24(31)14-30-12-16-8-15(9-17(16)13-30)22-11-21-19(6-7-27-25(21)28-22)20-10-18(26)4-5-23(20)32-3/h4-8,10-11,16-17H,9,12-14H2,1-3H3,(H,27,28). The number of allylic oxidation sites excluding steroid dienone is 1. The van der Waals surface area contributed by atoms with Gasteiger partial charge in [-0.15, -0.1) is 0 Å². The van der Waals surface area contributed by atoms with Gasteiger partial charge in [-0.05, 0) is 59.7 Å². The highest BCUT2D eigenvalue weighted by atomic mass is 19.1. The van der Waals surface area contributed by atoms with Crippen LogP contribution in [0.3, 0.4) is 0 Å². The van der Waals surface area contributed by atoms with Crippen molar-refractivity contribution in [1.29, 1.82) is 0 Å². The number of carbonyl (C=O) groups is 1. The van der Waals surface area contributed by atoms with E-state index in [4.69, 9.17) is 4.74 Å². The Morgan fingerprint density at radius 1 is 1.25 bits per heavy atom. The average molecular weight is 435 g/mol. The average Bonchev–Trinajstić information content (AvgIpc) is 3.45. The van der Waals surface area contributed by atoms with E-state index in [2.05, 4.69) is 27.0 Å². The molecule has 166 valence electrons. The molecule has 3 aromatic rings. The van der Waals surface area contributed by atoms with E-state index in [1.165, 1.54) is 17.7 Å². The van der Waals surface area contributed by atoms with Gasteiger partial charge in [0.05, 0.1) is 13.7 Å². The molecule has 32 heavy (non-hydrogen) atoms. The summed E-state index contributed by atoms with van der Waals surface area (Å²) in [5.41, 5.74) is 4.72. The molecule has 2 aliphatic rings. The summed E-state index contributed by atoms with van der Waals surface area (Å²) in [5, 5.41) is 0.947. The highest BCUT2D eigenvalue weighted by Gasteiger charge is 2.37. The van der Waals surface area contributed by atoms with Gasteiger partial charge in [-0.25, -0.2) is 9.37 Å². The number of amides is 1. The minimum atomic E-state index is -0.301. The zero-order chi connectivity index (χ0) is 22.4. The lowest BCUT2D eigenvalue weighted by atomic mass is 9.99. The molecular weight excluding hydrogens is 407 g/mol. The summed E-state index contributed by atoms with van der Waals surface area (Å²) in [4.78, 5) is 23.9. The van der Waals surface area contributed by atoms with Crippen LogP contribution in [0.25, 0.3) is 27.7 Å². The largest absolute Gasteiger partial charge is 0.496 e. The van der Waals surface area contributed by atoms with Gasteiger partial charge in [0.1, 0.15) is 17.2 Å². The molecule has 1 fully saturated rings. The van der Waals surface area contributed by atoms with E-state index in [9.17, 15) is 9.18 Å². The van der Waals surface area contributed by atoms with Gasteiger partial charge in [-0.2, -0.15) is 0 Å². The van der Waals surface area contributed by atoms with Crippen molar-refractivity contribution in [2.75, 3.05) is 40.8 Å². The Bertz CT molecular complexity index is 1220. The second-order valence-electron chi connectivity index (χ2n) is 8.95. The van der Waals surface area contributed by atoms with Gasteiger partial charge in [0, 0.05) is 50.0 Å². The third-order valence-electron chi connectivity index (χ3n) is 6.65. The second-order valence-corrected chi connectivity index (χ2v) is 8.95. The summed E-state index contributed by atoms with van der Waals surface area (Å²) < 4.78 is 19.5. The molecule has 1 N–H and O–H groups in total. The Morgan fingerprint density at radius 3 is 2.84 bits per heavy atom. The first kappa shape index (κ1) is 20.7. The number of likely N-dealkylation sites (tertiary alicyclic amines) is 1. The Balaban J connectivity index is 1.42. The molecule has 5 rings (SSSR count). The van der Waals surface area contributed by atoms with E-state index in [1.807, 2.05) is 6.07 Å². The number of rotatable bonds is 5. The zero-order valence-corrected chi connectivity index (χ0v) is 18.6. The van der Waals surface area contributed by atoms with Crippen LogP contribution < -0.4 is 4.74 Å². The van der Waals surface area contributed by atoms with E-state index in [-0.39, 0.29) is 11.7 Å². The SMILES string of the molecule is COc1ccc(F)cc1-c1ccnc2[nH]c(C3=CC4CN(CC(=O)N(C)C)CC4C3)cc12. The number of halogens is 1. The fraction of sp³-hybridized carbons (Fsp3) is 0.360. The van der Waals surface area contributed by atoms with Crippen LogP contribution in [0.1, 0.15) is 12.1 Å². The summed E-state index contributed by atoms with van der Waals surface area (Å²) in [5.74, 6) is 1.47. The summed E-state index contributed by atoms with van der Waals surface area (Å²) >= 11 is 0. The van der Waals surface area contributed by atoms with Crippen molar-refractivity contribution < 1.29 is 13.9 Å². The van der Waals surface area contributed by atoms with E-state index >= 15 is 0 Å². The fourth-order valence-electron chi connectivity index (χ4n) is 4.99. The van der Waals surface area contributed by atoms with E-state index in [0.717, 1.165) is 41.8 Å². The third kappa shape index (κ3) is 3.66. The monoisotopic (exact) mass is 434 g/mol. The smallest absolute Gasteiger partial charge is 0.236 e. The second kappa shape index (κ2) is 8.06. The lowest BCUT2D eigenvalue weighted by molar-refractivity contribution is -0.129. The van der Waals surface area contributed by atoms with Gasteiger partial charge in [0.2, 0.25) is 5.91 Å². The summed E-state index contributed by atoms with van der Waals surface area (Å²) in [7, 11) is 5.19. The molecule has 0 bridgehead atoms. The molecule has 3 heterocycles. The highest BCUT2D eigenvalue weighted by molar-refractivity contribution is 5.96. The predicted octanol–water partition coefficient (Wildman–Crippen LogP) is 3.80. The van der Waals surface area contributed by atoms with Crippen LogP contribution >= 0.6 is 0 Å². The third-order valence-corrected chi connectivity index (χ3v) is 6.65. The molecule has 1 aliphatic heterocycles. The molecule has 0 radical (unpaired) electrons. The normalized spacial score (nSPS) is 20.4. The van der Waals surface area contributed by atoms with Crippen LogP contribution in [0.4, 0.5) is 4.39 Å². The van der Waals surface area contributed by atoms with Crippen molar-refractivity contribution in [1.82, 2.24) is 19.8 Å². The first-order valence-electron chi connectivity index (χ1n) is 10.9. The minimum absolute atomic E-state index is 0.149. The van der Waals surface area contributed by atoms with Crippen LogP contribution in [-0.4, -0.2) is 66.5 Å². The first-order chi connectivity index (χ1) is 15.4. The molecule has 2 aromatic heterocycles. The van der Waals surface area contributed by atoms with Crippen LogP contribution in [-0.2, 0) is 4.79 Å². The molecule has 7 heteroatoms. The van der Waals surface area contributed by atoms with Crippen molar-refractivity contribution in [3.8, 4) is 16.9 Å².